The van der Waals surface area contributed by atoms with Gasteiger partial charge in [-0.1, -0.05) is 29.1 Å². The van der Waals surface area contributed by atoms with Crippen LogP contribution >= 0.6 is 0 Å². The van der Waals surface area contributed by atoms with Crippen LogP contribution in [0.15, 0.2) is 23.3 Å². The number of hydrogen-bond donors (Lipinski definition) is 0. The molecule has 0 N–H and O–H groups in total. The van der Waals surface area contributed by atoms with Crippen molar-refractivity contribution < 1.29 is 19.1 Å². The van der Waals surface area contributed by atoms with Gasteiger partial charge in [0.1, 0.15) is 0 Å². The van der Waals surface area contributed by atoms with Gasteiger partial charge in [0.2, 0.25) is 0 Å². The van der Waals surface area contributed by atoms with E-state index in [0.717, 1.165) is 11.1 Å². The van der Waals surface area contributed by atoms with Gasteiger partial charge < -0.3 is 9.47 Å². The molecule has 0 fully saturated rings. The zero-order valence-electron chi connectivity index (χ0n) is 13.7. The second kappa shape index (κ2) is 9.02. The van der Waals surface area contributed by atoms with Crippen LogP contribution in [0.3, 0.4) is 0 Å². The number of rotatable bonds is 5. The standard InChI is InChI=1S/C17H24O4/c1-13(2)9-7-8-11-17(15(18)20-5,16(19)21-6)12-10-14(3)4/h9-10H,11-12H2,1-6H3. The minimum absolute atomic E-state index is 0.0555. The van der Waals surface area contributed by atoms with E-state index in [-0.39, 0.29) is 12.8 Å². The van der Waals surface area contributed by atoms with Crippen LogP contribution in [-0.4, -0.2) is 26.2 Å². The summed E-state index contributed by atoms with van der Waals surface area (Å²) in [6.45, 7) is 7.64. The highest BCUT2D eigenvalue weighted by Crippen LogP contribution is 2.31. The molecule has 0 saturated carbocycles. The van der Waals surface area contributed by atoms with Crippen LogP contribution in [0.25, 0.3) is 0 Å². The van der Waals surface area contributed by atoms with Crippen molar-refractivity contribution in [1.82, 2.24) is 0 Å². The Balaban J connectivity index is 5.60. The fourth-order valence-corrected chi connectivity index (χ4v) is 1.63. The topological polar surface area (TPSA) is 52.6 Å². The minimum atomic E-state index is -1.41. The van der Waals surface area contributed by atoms with Gasteiger partial charge in [-0.3, -0.25) is 9.59 Å². The van der Waals surface area contributed by atoms with E-state index in [0.29, 0.717) is 0 Å². The summed E-state index contributed by atoms with van der Waals surface area (Å²) in [7, 11) is 2.51. The molecule has 0 spiro atoms. The molecule has 0 aromatic heterocycles. The molecule has 0 bridgehead atoms. The molecule has 0 aliphatic heterocycles. The van der Waals surface area contributed by atoms with E-state index in [1.807, 2.05) is 33.8 Å². The summed E-state index contributed by atoms with van der Waals surface area (Å²) >= 11 is 0. The first-order valence-corrected chi connectivity index (χ1v) is 6.72. The Kier molecular flexibility index (Phi) is 8.15. The lowest BCUT2D eigenvalue weighted by Crippen LogP contribution is -2.40. The van der Waals surface area contributed by atoms with Crippen LogP contribution in [0.2, 0.25) is 0 Å². The fraction of sp³-hybridized carbons (Fsp3) is 0.529. The third-order valence-electron chi connectivity index (χ3n) is 2.86. The molecule has 0 aromatic carbocycles. The van der Waals surface area contributed by atoms with Gasteiger partial charge in [-0.25, -0.2) is 0 Å². The van der Waals surface area contributed by atoms with Crippen molar-refractivity contribution >= 4 is 11.9 Å². The lowest BCUT2D eigenvalue weighted by Gasteiger charge is -2.25. The normalized spacial score (nSPS) is 9.81. The zero-order valence-corrected chi connectivity index (χ0v) is 13.7. The zero-order chi connectivity index (χ0) is 16.5. The molecule has 0 amide bonds. The predicted molar refractivity (Wildman–Crippen MR) is 82.3 cm³/mol. The first-order valence-electron chi connectivity index (χ1n) is 6.72. The summed E-state index contributed by atoms with van der Waals surface area (Å²) in [5, 5.41) is 0. The van der Waals surface area contributed by atoms with Gasteiger partial charge in [0.05, 0.1) is 14.2 Å². The van der Waals surface area contributed by atoms with E-state index in [1.54, 1.807) is 6.08 Å². The number of carbonyl (C=O) groups is 2. The molecule has 0 aromatic rings. The number of methoxy groups -OCH3 is 2. The smallest absolute Gasteiger partial charge is 0.324 e. The number of hydrogen-bond acceptors (Lipinski definition) is 4. The highest BCUT2D eigenvalue weighted by molar-refractivity contribution is 6.00. The van der Waals surface area contributed by atoms with Crippen LogP contribution < -0.4 is 0 Å². The first-order chi connectivity index (χ1) is 9.80. The largest absolute Gasteiger partial charge is 0.468 e. The van der Waals surface area contributed by atoms with Gasteiger partial charge in [-0.15, -0.1) is 0 Å². The molecule has 21 heavy (non-hydrogen) atoms. The highest BCUT2D eigenvalue weighted by atomic mass is 16.5. The summed E-state index contributed by atoms with van der Waals surface area (Å²) in [5.41, 5.74) is 0.640. The Morgan fingerprint density at radius 1 is 1.00 bits per heavy atom. The Morgan fingerprint density at radius 2 is 1.52 bits per heavy atom. The van der Waals surface area contributed by atoms with Crippen molar-refractivity contribution in [3.63, 3.8) is 0 Å². The SMILES string of the molecule is COC(=O)C(CC#CC=C(C)C)(CC=C(C)C)C(=O)OC. The number of ether oxygens (including phenoxy) is 2. The van der Waals surface area contributed by atoms with Gasteiger partial charge in [0.25, 0.3) is 0 Å². The maximum atomic E-state index is 12.1. The van der Waals surface area contributed by atoms with Crippen LogP contribution in [0.1, 0.15) is 40.5 Å². The summed E-state index contributed by atoms with van der Waals surface area (Å²) < 4.78 is 9.59. The molecule has 4 nitrogen and oxygen atoms in total. The van der Waals surface area contributed by atoms with Crippen molar-refractivity contribution in [3.05, 3.63) is 23.3 Å². The summed E-state index contributed by atoms with van der Waals surface area (Å²) in [6, 6.07) is 0. The van der Waals surface area contributed by atoms with Crippen LogP contribution in [0, 0.1) is 17.3 Å². The summed E-state index contributed by atoms with van der Waals surface area (Å²) in [6.07, 6.45) is 3.81. The van der Waals surface area contributed by atoms with Gasteiger partial charge in [-0.05, 0) is 40.2 Å². The summed E-state index contributed by atoms with van der Waals surface area (Å²) in [5.74, 6) is 4.44. The quantitative estimate of drug-likeness (QED) is 0.338. The van der Waals surface area contributed by atoms with Crippen molar-refractivity contribution in [2.45, 2.75) is 40.5 Å². The van der Waals surface area contributed by atoms with Gasteiger partial charge in [0.15, 0.2) is 5.41 Å². The number of carbonyl (C=O) groups excluding carboxylic acids is 2. The Bertz CT molecular complexity index is 477. The van der Waals surface area contributed by atoms with Crippen molar-refractivity contribution in [1.29, 1.82) is 0 Å². The second-order valence-electron chi connectivity index (χ2n) is 5.27. The monoisotopic (exact) mass is 292 g/mol. The lowest BCUT2D eigenvalue weighted by molar-refractivity contribution is -0.168. The Hall–Kier alpha value is -2.02. The average molecular weight is 292 g/mol. The molecule has 0 heterocycles. The molecule has 0 aliphatic rings. The molecule has 0 unspecified atom stereocenters. The average Bonchev–Trinajstić information content (AvgIpc) is 2.44. The molecule has 0 rings (SSSR count). The third-order valence-corrected chi connectivity index (χ3v) is 2.86. The van der Waals surface area contributed by atoms with E-state index in [9.17, 15) is 9.59 Å². The van der Waals surface area contributed by atoms with Crippen LogP contribution in [0.4, 0.5) is 0 Å². The first kappa shape index (κ1) is 19.0. The fourth-order valence-electron chi connectivity index (χ4n) is 1.63. The van der Waals surface area contributed by atoms with Gasteiger partial charge in [0, 0.05) is 6.42 Å². The molecular formula is C17H24O4. The Morgan fingerprint density at radius 3 is 1.90 bits per heavy atom. The Labute approximate surface area is 127 Å². The number of esters is 2. The van der Waals surface area contributed by atoms with Crippen LogP contribution in [-0.2, 0) is 19.1 Å². The lowest BCUT2D eigenvalue weighted by atomic mass is 9.80. The molecular weight excluding hydrogens is 268 g/mol. The third kappa shape index (κ3) is 5.86. The highest BCUT2D eigenvalue weighted by Gasteiger charge is 2.47. The molecule has 0 atom stereocenters. The van der Waals surface area contributed by atoms with Gasteiger partial charge >= 0.3 is 11.9 Å². The van der Waals surface area contributed by atoms with E-state index >= 15 is 0 Å². The van der Waals surface area contributed by atoms with E-state index in [2.05, 4.69) is 11.8 Å². The molecule has 4 heteroatoms. The van der Waals surface area contributed by atoms with E-state index in [1.165, 1.54) is 14.2 Å². The molecule has 0 aliphatic carbocycles. The van der Waals surface area contributed by atoms with Crippen LogP contribution in [0.5, 0.6) is 0 Å². The predicted octanol–water partition coefficient (Wildman–Crippen LogP) is 3.03. The molecule has 0 saturated heterocycles. The maximum absolute atomic E-state index is 12.1. The maximum Gasteiger partial charge on any atom is 0.324 e. The van der Waals surface area contributed by atoms with Gasteiger partial charge in [-0.2, -0.15) is 0 Å². The van der Waals surface area contributed by atoms with E-state index < -0.39 is 17.4 Å². The summed E-state index contributed by atoms with van der Waals surface area (Å²) in [4.78, 5) is 24.3. The number of allylic oxidation sites excluding steroid dienone is 4. The minimum Gasteiger partial charge on any atom is -0.468 e. The molecule has 116 valence electrons. The van der Waals surface area contributed by atoms with Crippen molar-refractivity contribution in [2.75, 3.05) is 14.2 Å². The van der Waals surface area contributed by atoms with E-state index in [4.69, 9.17) is 9.47 Å². The van der Waals surface area contributed by atoms with Crippen molar-refractivity contribution in [3.8, 4) is 11.8 Å². The van der Waals surface area contributed by atoms with Crippen molar-refractivity contribution in [2.24, 2.45) is 5.41 Å². The molecule has 0 radical (unpaired) electrons. The second-order valence-corrected chi connectivity index (χ2v) is 5.27.